The molecular weight excluding hydrogens is 628 g/mol. The van der Waals surface area contributed by atoms with Crippen molar-refractivity contribution >= 4 is 27.3 Å². The van der Waals surface area contributed by atoms with Gasteiger partial charge < -0.3 is 0 Å². The maximum absolute atomic E-state index is 13.7. The number of aromatic nitrogens is 2. The third-order valence-corrected chi connectivity index (χ3v) is 26.5. The summed E-state index contributed by atoms with van der Waals surface area (Å²) in [5.41, 5.74) is 2.37. The number of rotatable bonds is 4. The summed E-state index contributed by atoms with van der Waals surface area (Å²) in [4.78, 5) is 17.3. The van der Waals surface area contributed by atoms with Crippen molar-refractivity contribution in [3.63, 3.8) is 0 Å². The van der Waals surface area contributed by atoms with Crippen molar-refractivity contribution in [1.29, 1.82) is 0 Å². The number of amides is 1. The first-order valence-electron chi connectivity index (χ1n) is 12.2. The van der Waals surface area contributed by atoms with Gasteiger partial charge in [-0.25, -0.2) is 0 Å². The molecule has 7 rings (SSSR count). The summed E-state index contributed by atoms with van der Waals surface area (Å²) in [6.07, 6.45) is 10.6. The summed E-state index contributed by atoms with van der Waals surface area (Å²) in [6, 6.07) is 6.25. The van der Waals surface area contributed by atoms with E-state index in [1.807, 2.05) is 12.3 Å². The molecule has 5 aliphatic rings. The number of H-pyrrole nitrogens is 1. The number of aromatic amines is 1. The minimum atomic E-state index is -1.16. The fourth-order valence-electron chi connectivity index (χ4n) is 7.23. The Hall–Kier alpha value is -0.420. The van der Waals surface area contributed by atoms with Gasteiger partial charge in [0.2, 0.25) is 0 Å². The molecule has 176 valence electrons. The predicted octanol–water partition coefficient (Wildman–Crippen LogP) is 0.863. The van der Waals surface area contributed by atoms with Gasteiger partial charge in [-0.2, -0.15) is 0 Å². The normalized spacial score (nSPS) is 37.8. The number of aliphatic hydroxyl groups is 1. The van der Waals surface area contributed by atoms with E-state index >= 15 is 0 Å². The minimum absolute atomic E-state index is 0.00842. The van der Waals surface area contributed by atoms with Gasteiger partial charge >= 0.3 is 205 Å². The number of nitrogens with zero attached hydrogens (tertiary/aromatic N) is 1. The van der Waals surface area contributed by atoms with Crippen molar-refractivity contribution in [2.45, 2.75) is 67.9 Å². The molecule has 3 unspecified atom stereocenters. The van der Waals surface area contributed by atoms with Crippen LogP contribution in [0.1, 0.15) is 68.2 Å². The number of imidazole rings is 1. The number of pyridine rings is 1. The average molecular weight is 663 g/mol. The van der Waals surface area contributed by atoms with E-state index in [0.29, 0.717) is 11.7 Å². The number of nitrogens with one attached hydrogen (secondary N) is 2. The van der Waals surface area contributed by atoms with Crippen molar-refractivity contribution in [3.8, 4) is 0 Å². The Morgan fingerprint density at radius 3 is 2.94 bits per heavy atom. The van der Waals surface area contributed by atoms with E-state index < -0.39 is 15.8 Å². The molecule has 4 bridgehead atoms. The van der Waals surface area contributed by atoms with Crippen molar-refractivity contribution in [3.05, 3.63) is 35.9 Å². The van der Waals surface area contributed by atoms with Crippen LogP contribution >= 0.6 is 15.8 Å². The van der Waals surface area contributed by atoms with Crippen molar-refractivity contribution in [2.75, 3.05) is 8.86 Å². The van der Waals surface area contributed by atoms with Crippen molar-refractivity contribution in [2.24, 2.45) is 23.7 Å². The molecular formula is C25H35I2N3O2. The Morgan fingerprint density at radius 2 is 2.12 bits per heavy atom. The molecule has 5 fully saturated rings. The van der Waals surface area contributed by atoms with E-state index in [4.69, 9.17) is 0 Å². The van der Waals surface area contributed by atoms with Crippen molar-refractivity contribution < 1.29 is 31.5 Å². The van der Waals surface area contributed by atoms with Crippen molar-refractivity contribution in [1.82, 2.24) is 10.3 Å². The van der Waals surface area contributed by atoms with E-state index in [0.717, 1.165) is 38.5 Å². The number of carbonyl (C=O) groups is 1. The van der Waals surface area contributed by atoms with Gasteiger partial charge in [-0.15, -0.1) is 0 Å². The first-order valence-corrected chi connectivity index (χ1v) is 23.1. The third-order valence-electron chi connectivity index (χ3n) is 8.59. The summed E-state index contributed by atoms with van der Waals surface area (Å²) < 4.78 is 5.62. The molecule has 1 amide bonds. The molecule has 5 nitrogen and oxygen atoms in total. The van der Waals surface area contributed by atoms with Gasteiger partial charge in [0.25, 0.3) is 0 Å². The van der Waals surface area contributed by atoms with Crippen LogP contribution in [0.2, 0.25) is 0 Å². The molecule has 2 aromatic rings. The molecule has 1 saturated heterocycles. The summed E-state index contributed by atoms with van der Waals surface area (Å²) in [6.45, 7) is 2.39. The van der Waals surface area contributed by atoms with Gasteiger partial charge in [-0.1, -0.05) is 0 Å². The Balaban J connectivity index is 1.28. The van der Waals surface area contributed by atoms with Gasteiger partial charge in [-0.05, 0) is 0 Å². The zero-order valence-electron chi connectivity index (χ0n) is 18.8. The zero-order valence-corrected chi connectivity index (χ0v) is 23.1. The summed E-state index contributed by atoms with van der Waals surface area (Å²) >= 11 is -0.922. The second-order valence-corrected chi connectivity index (χ2v) is 27.8. The van der Waals surface area contributed by atoms with Gasteiger partial charge in [0.15, 0.2) is 0 Å². The van der Waals surface area contributed by atoms with E-state index in [1.165, 1.54) is 48.6 Å². The molecule has 4 saturated carbocycles. The first kappa shape index (κ1) is 22.1. The number of hydrogen-bond donors (Lipinski definition) is 3. The molecule has 0 spiro atoms. The molecule has 7 heteroatoms. The van der Waals surface area contributed by atoms with Crippen LogP contribution in [0.15, 0.2) is 24.4 Å². The summed E-state index contributed by atoms with van der Waals surface area (Å²) in [5, 5.41) is 13.9. The monoisotopic (exact) mass is 663 g/mol. The topological polar surface area (TPSA) is 69.2 Å². The fourth-order valence-corrected chi connectivity index (χ4v) is 25.5. The second kappa shape index (κ2) is 8.66. The fraction of sp³-hybridized carbons (Fsp3) is 0.680. The van der Waals surface area contributed by atoms with Gasteiger partial charge in [0, 0.05) is 0 Å². The molecule has 1 aliphatic heterocycles. The number of halogens is 2. The van der Waals surface area contributed by atoms with Gasteiger partial charge in [-0.3, -0.25) is 0 Å². The average Bonchev–Trinajstić information content (AvgIpc) is 2.99. The number of carbonyl (C=O) groups excluding carboxylic acids is 1. The number of hydrogen-bond acceptors (Lipinski definition) is 2. The van der Waals surface area contributed by atoms with Gasteiger partial charge in [0.1, 0.15) is 0 Å². The standard InChI is InChI=1S/C25H34I2N3O2/c1-16-19-10-17-9-18(11-19)13-25(16,12-17)29-24(32)23-28-21(22-6-2-3-8-30(22)23)15-27-14-20(31)5-4-7-26-27/h2-3,6,8,16-20,31H,4-5,7,9-15H2,1H3,(H,29,32)/q-1/p+1/t16-,17-,18+,19?,20?,25?/m1/s1. The van der Waals surface area contributed by atoms with Crippen LogP contribution in [0, 0.1) is 23.7 Å². The Bertz CT molecular complexity index is 1010. The summed E-state index contributed by atoms with van der Waals surface area (Å²) in [7, 11) is 0. The van der Waals surface area contributed by atoms with Gasteiger partial charge in [0.05, 0.1) is 0 Å². The Labute approximate surface area is 204 Å². The maximum atomic E-state index is 13.7. The Kier molecular flexibility index (Phi) is 5.97. The van der Waals surface area contributed by atoms with Crippen LogP contribution in [0.3, 0.4) is 0 Å². The second-order valence-electron chi connectivity index (χ2n) is 10.7. The third kappa shape index (κ3) is 3.91. The van der Waals surface area contributed by atoms with E-state index in [1.54, 1.807) is 0 Å². The molecule has 6 atom stereocenters. The molecule has 32 heavy (non-hydrogen) atoms. The number of alkyl halides is 3. The molecule has 2 aromatic heterocycles. The van der Waals surface area contributed by atoms with Crippen LogP contribution in [-0.4, -0.2) is 36.5 Å². The molecule has 3 N–H and O–H groups in total. The molecule has 0 radical (unpaired) electrons. The van der Waals surface area contributed by atoms with Crippen LogP contribution in [0.4, 0.5) is 0 Å². The van der Waals surface area contributed by atoms with Crippen LogP contribution < -0.4 is 26.9 Å². The quantitative estimate of drug-likeness (QED) is 0.259. The Morgan fingerprint density at radius 1 is 1.31 bits per heavy atom. The molecule has 3 heterocycles. The SMILES string of the molecule is C[C@@H]1C2C[C@@H]3C[C@H](C2)CC1(NC(=O)c1[nH]c(CI2CC(O)CCC[I-]2)c2cccc[n+]12)C3. The van der Waals surface area contributed by atoms with Crippen LogP contribution in [-0.2, 0) is 4.43 Å². The molecule has 0 aromatic carbocycles. The number of fused-ring (bicyclic) bond motifs is 1. The van der Waals surface area contributed by atoms with E-state index in [9.17, 15) is 9.90 Å². The first-order chi connectivity index (χ1) is 15.5. The number of aliphatic hydroxyl groups excluding tert-OH is 1. The van der Waals surface area contributed by atoms with E-state index in [-0.39, 0.29) is 34.8 Å². The predicted molar refractivity (Wildman–Crippen MR) is 130 cm³/mol. The molecule has 4 aliphatic carbocycles. The van der Waals surface area contributed by atoms with Crippen LogP contribution in [0.25, 0.3) is 5.52 Å². The van der Waals surface area contributed by atoms with Crippen LogP contribution in [0.5, 0.6) is 0 Å². The van der Waals surface area contributed by atoms with E-state index in [2.05, 4.69) is 33.8 Å². The summed E-state index contributed by atoms with van der Waals surface area (Å²) in [5.74, 6) is 3.77. The zero-order chi connectivity index (χ0) is 21.9.